The zero-order chi connectivity index (χ0) is 13.2. The summed E-state index contributed by atoms with van der Waals surface area (Å²) >= 11 is 0. The van der Waals surface area contributed by atoms with E-state index in [0.29, 0.717) is 36.2 Å². The average molecular weight is 238 g/mol. The van der Waals surface area contributed by atoms with Crippen molar-refractivity contribution < 1.29 is 9.53 Å². The summed E-state index contributed by atoms with van der Waals surface area (Å²) in [5.41, 5.74) is 1.23. The molecule has 1 saturated carbocycles. The average Bonchev–Trinajstić information content (AvgIpc) is 2.38. The Balaban J connectivity index is 2.44. The molecule has 1 aliphatic rings. The molecule has 0 spiro atoms. The van der Waals surface area contributed by atoms with E-state index < -0.39 is 0 Å². The largest absolute Gasteiger partial charge is 0.465 e. The molecule has 0 radical (unpaired) electrons. The zero-order valence-corrected chi connectivity index (χ0v) is 11.9. The van der Waals surface area contributed by atoms with Gasteiger partial charge in [0.15, 0.2) is 0 Å². The molecule has 3 unspecified atom stereocenters. The van der Waals surface area contributed by atoms with Gasteiger partial charge in [0.25, 0.3) is 0 Å². The summed E-state index contributed by atoms with van der Waals surface area (Å²) in [5.74, 6) is 1.69. The molecule has 0 N–H and O–H groups in total. The molecule has 2 nitrogen and oxygen atoms in total. The Hall–Kier alpha value is -0.790. The Morgan fingerprint density at radius 2 is 2.00 bits per heavy atom. The Kier molecular flexibility index (Phi) is 4.40. The van der Waals surface area contributed by atoms with E-state index in [1.54, 1.807) is 0 Å². The monoisotopic (exact) mass is 238 g/mol. The highest BCUT2D eigenvalue weighted by Gasteiger charge is 2.43. The first-order valence-corrected chi connectivity index (χ1v) is 6.54. The van der Waals surface area contributed by atoms with Crippen LogP contribution in [0, 0.1) is 23.2 Å². The normalized spacial score (nSPS) is 31.2. The van der Waals surface area contributed by atoms with Gasteiger partial charge < -0.3 is 4.74 Å². The highest BCUT2D eigenvalue weighted by atomic mass is 16.5. The molecule has 0 aromatic heterocycles. The smallest absolute Gasteiger partial charge is 0.309 e. The number of rotatable bonds is 4. The number of hydrogen-bond acceptors (Lipinski definition) is 2. The lowest BCUT2D eigenvalue weighted by atomic mass is 9.81. The second-order valence-corrected chi connectivity index (χ2v) is 6.42. The van der Waals surface area contributed by atoms with E-state index in [4.69, 9.17) is 4.74 Å². The van der Waals surface area contributed by atoms with Gasteiger partial charge in [-0.1, -0.05) is 39.8 Å². The molecule has 0 amide bonds. The van der Waals surface area contributed by atoms with Crippen molar-refractivity contribution in [2.24, 2.45) is 23.2 Å². The third kappa shape index (κ3) is 3.58. The minimum atomic E-state index is -0.137. The van der Waals surface area contributed by atoms with Gasteiger partial charge in [0.05, 0.1) is 13.0 Å². The van der Waals surface area contributed by atoms with Crippen LogP contribution in [-0.2, 0) is 9.53 Å². The molecule has 1 fully saturated rings. The molecule has 0 bridgehead atoms. The first kappa shape index (κ1) is 14.3. The van der Waals surface area contributed by atoms with E-state index in [2.05, 4.69) is 34.3 Å². The Bertz CT molecular complexity index is 304. The predicted octanol–water partition coefficient (Wildman–Crippen LogP) is 3.81. The van der Waals surface area contributed by atoms with Crippen LogP contribution in [0.4, 0.5) is 0 Å². The van der Waals surface area contributed by atoms with Crippen LogP contribution in [0.2, 0.25) is 0 Å². The van der Waals surface area contributed by atoms with Gasteiger partial charge in [0.1, 0.15) is 0 Å². The summed E-state index contributed by atoms with van der Waals surface area (Å²) in [6, 6.07) is 0. The summed E-state index contributed by atoms with van der Waals surface area (Å²) < 4.78 is 5.35. The molecule has 0 saturated heterocycles. The predicted molar refractivity (Wildman–Crippen MR) is 70.6 cm³/mol. The SMILES string of the molecule is C=C(C)CC(=O)OCC1CC(C)(C)C(C)C1C. The van der Waals surface area contributed by atoms with Crippen molar-refractivity contribution in [2.45, 2.75) is 47.5 Å². The van der Waals surface area contributed by atoms with Crippen LogP contribution < -0.4 is 0 Å². The lowest BCUT2D eigenvalue weighted by Gasteiger charge is -2.25. The van der Waals surface area contributed by atoms with Gasteiger partial charge >= 0.3 is 5.97 Å². The lowest BCUT2D eigenvalue weighted by molar-refractivity contribution is -0.144. The van der Waals surface area contributed by atoms with Crippen molar-refractivity contribution in [1.29, 1.82) is 0 Å². The van der Waals surface area contributed by atoms with Gasteiger partial charge in [-0.05, 0) is 36.5 Å². The van der Waals surface area contributed by atoms with Gasteiger partial charge in [-0.3, -0.25) is 4.79 Å². The second-order valence-electron chi connectivity index (χ2n) is 6.42. The summed E-state index contributed by atoms with van der Waals surface area (Å²) in [6.45, 7) is 15.3. The van der Waals surface area contributed by atoms with Gasteiger partial charge in [-0.2, -0.15) is 0 Å². The van der Waals surface area contributed by atoms with Gasteiger partial charge in [-0.15, -0.1) is 0 Å². The zero-order valence-electron chi connectivity index (χ0n) is 11.9. The molecular weight excluding hydrogens is 212 g/mol. The van der Waals surface area contributed by atoms with E-state index in [1.165, 1.54) is 0 Å². The molecule has 0 heterocycles. The van der Waals surface area contributed by atoms with Crippen molar-refractivity contribution in [3.63, 3.8) is 0 Å². The Morgan fingerprint density at radius 1 is 1.41 bits per heavy atom. The van der Waals surface area contributed by atoms with Gasteiger partial charge in [0.2, 0.25) is 0 Å². The first-order chi connectivity index (χ1) is 7.74. The molecule has 1 rings (SSSR count). The fraction of sp³-hybridized carbons (Fsp3) is 0.800. The van der Waals surface area contributed by atoms with Gasteiger partial charge in [-0.25, -0.2) is 0 Å². The topological polar surface area (TPSA) is 26.3 Å². The lowest BCUT2D eigenvalue weighted by Crippen LogP contribution is -2.18. The summed E-state index contributed by atoms with van der Waals surface area (Å²) in [5, 5.41) is 0. The highest BCUT2D eigenvalue weighted by molar-refractivity contribution is 5.72. The number of carbonyl (C=O) groups is 1. The van der Waals surface area contributed by atoms with Gasteiger partial charge in [0, 0.05) is 0 Å². The van der Waals surface area contributed by atoms with Crippen molar-refractivity contribution in [3.05, 3.63) is 12.2 Å². The van der Waals surface area contributed by atoms with Crippen LogP contribution >= 0.6 is 0 Å². The number of carbonyl (C=O) groups excluding carboxylic acids is 1. The maximum Gasteiger partial charge on any atom is 0.309 e. The van der Waals surface area contributed by atoms with Crippen LogP contribution in [0.5, 0.6) is 0 Å². The van der Waals surface area contributed by atoms with Crippen LogP contribution in [0.15, 0.2) is 12.2 Å². The molecular formula is C15H26O2. The number of hydrogen-bond donors (Lipinski definition) is 0. The number of ether oxygens (including phenoxy) is 1. The molecule has 98 valence electrons. The van der Waals surface area contributed by atoms with E-state index >= 15 is 0 Å². The summed E-state index contributed by atoms with van der Waals surface area (Å²) in [7, 11) is 0. The van der Waals surface area contributed by atoms with Crippen LogP contribution in [-0.4, -0.2) is 12.6 Å². The molecule has 3 atom stereocenters. The maximum atomic E-state index is 11.5. The Morgan fingerprint density at radius 3 is 2.41 bits per heavy atom. The third-order valence-corrected chi connectivity index (χ3v) is 4.46. The van der Waals surface area contributed by atoms with Crippen molar-refractivity contribution in [3.8, 4) is 0 Å². The third-order valence-electron chi connectivity index (χ3n) is 4.46. The fourth-order valence-electron chi connectivity index (χ4n) is 2.88. The molecule has 0 aromatic rings. The van der Waals surface area contributed by atoms with E-state index in [1.807, 2.05) is 6.92 Å². The Labute approximate surface area is 105 Å². The van der Waals surface area contributed by atoms with E-state index in [9.17, 15) is 4.79 Å². The van der Waals surface area contributed by atoms with Crippen LogP contribution in [0.25, 0.3) is 0 Å². The van der Waals surface area contributed by atoms with Crippen molar-refractivity contribution in [1.82, 2.24) is 0 Å². The van der Waals surface area contributed by atoms with E-state index in [0.717, 1.165) is 12.0 Å². The minimum Gasteiger partial charge on any atom is -0.465 e. The highest BCUT2D eigenvalue weighted by Crippen LogP contribution is 2.49. The minimum absolute atomic E-state index is 0.137. The standard InChI is InChI=1S/C15H26O2/c1-10(2)7-14(16)17-9-13-8-15(5,6)12(4)11(13)3/h11-13H,1,7-9H2,2-6H3. The molecule has 1 aliphatic carbocycles. The number of esters is 1. The second kappa shape index (κ2) is 5.24. The summed E-state index contributed by atoms with van der Waals surface area (Å²) in [6.07, 6.45) is 1.50. The van der Waals surface area contributed by atoms with Crippen LogP contribution in [0.1, 0.15) is 47.5 Å². The molecule has 2 heteroatoms. The quantitative estimate of drug-likeness (QED) is 0.550. The first-order valence-electron chi connectivity index (χ1n) is 6.54. The summed E-state index contributed by atoms with van der Waals surface area (Å²) in [4.78, 5) is 11.5. The molecule has 0 aromatic carbocycles. The molecule has 17 heavy (non-hydrogen) atoms. The van der Waals surface area contributed by atoms with E-state index in [-0.39, 0.29) is 5.97 Å². The molecule has 0 aliphatic heterocycles. The van der Waals surface area contributed by atoms with Crippen molar-refractivity contribution in [2.75, 3.05) is 6.61 Å². The van der Waals surface area contributed by atoms with Crippen molar-refractivity contribution >= 4 is 5.97 Å². The maximum absolute atomic E-state index is 11.5. The van der Waals surface area contributed by atoms with Crippen LogP contribution in [0.3, 0.4) is 0 Å². The fourth-order valence-corrected chi connectivity index (χ4v) is 2.88.